The van der Waals surface area contributed by atoms with Gasteiger partial charge in [0.05, 0.1) is 11.1 Å². The second kappa shape index (κ2) is 8.89. The number of aryl methyl sites for hydroxylation is 1. The molecule has 0 saturated carbocycles. The third-order valence-electron chi connectivity index (χ3n) is 4.48. The Hall–Kier alpha value is -2.86. The number of nitrogens with one attached hydrogen (secondary N) is 1. The van der Waals surface area contributed by atoms with Crippen LogP contribution in [0, 0.1) is 6.92 Å². The summed E-state index contributed by atoms with van der Waals surface area (Å²) in [5, 5.41) is 3.47. The maximum absolute atomic E-state index is 12.8. The normalized spacial score (nSPS) is 10.7. The minimum Gasteiger partial charge on any atom is -0.452 e. The van der Waals surface area contributed by atoms with Crippen molar-refractivity contribution in [3.05, 3.63) is 65.4 Å². The van der Waals surface area contributed by atoms with Gasteiger partial charge in [-0.3, -0.25) is 9.78 Å². The van der Waals surface area contributed by atoms with Crippen LogP contribution in [0.2, 0.25) is 0 Å². The molecule has 0 radical (unpaired) electrons. The fraction of sp³-hybridized carbons (Fsp3) is 0.227. The van der Waals surface area contributed by atoms with Gasteiger partial charge in [0.15, 0.2) is 6.61 Å². The Morgan fingerprint density at radius 2 is 1.82 bits per heavy atom. The Bertz CT molecular complexity index is 1020. The predicted octanol–water partition coefficient (Wildman–Crippen LogP) is 4.62. The fourth-order valence-corrected chi connectivity index (χ4v) is 3.45. The lowest BCUT2D eigenvalue weighted by Crippen LogP contribution is -2.21. The topological polar surface area (TPSA) is 68.3 Å². The van der Waals surface area contributed by atoms with Crippen molar-refractivity contribution in [2.45, 2.75) is 25.2 Å². The third-order valence-corrected chi connectivity index (χ3v) is 5.23. The summed E-state index contributed by atoms with van der Waals surface area (Å²) in [6.07, 6.45) is 2.70. The first-order valence-electron chi connectivity index (χ1n) is 9.02. The number of carbonyl (C=O) groups excluding carboxylic acids is 2. The molecular formula is C22H22N2O3S. The standard InChI is InChI=1S/C22H22N2O3S/c1-4-18-14(2)21(17-7-5-6-8-19(17)24-18)22(26)27-13-20(25)23-15-9-11-16(28-3)12-10-15/h5-12H,4,13H2,1-3H3,(H,23,25). The molecule has 1 N–H and O–H groups in total. The van der Waals surface area contributed by atoms with Gasteiger partial charge in [0.25, 0.3) is 5.91 Å². The number of carbonyl (C=O) groups is 2. The van der Waals surface area contributed by atoms with E-state index in [1.54, 1.807) is 11.8 Å². The van der Waals surface area contributed by atoms with E-state index in [0.29, 0.717) is 17.7 Å². The van der Waals surface area contributed by atoms with Crippen LogP contribution >= 0.6 is 11.8 Å². The first-order chi connectivity index (χ1) is 13.5. The zero-order valence-electron chi connectivity index (χ0n) is 16.1. The quantitative estimate of drug-likeness (QED) is 0.488. The van der Waals surface area contributed by atoms with Crippen molar-refractivity contribution < 1.29 is 14.3 Å². The van der Waals surface area contributed by atoms with Gasteiger partial charge in [-0.1, -0.05) is 25.1 Å². The fourth-order valence-electron chi connectivity index (χ4n) is 3.04. The minimum atomic E-state index is -0.515. The van der Waals surface area contributed by atoms with E-state index in [2.05, 4.69) is 10.3 Å². The van der Waals surface area contributed by atoms with Crippen LogP contribution < -0.4 is 5.32 Å². The van der Waals surface area contributed by atoms with E-state index in [4.69, 9.17) is 4.74 Å². The summed E-state index contributed by atoms with van der Waals surface area (Å²) in [5.74, 6) is -0.893. The molecule has 5 nitrogen and oxygen atoms in total. The summed E-state index contributed by atoms with van der Waals surface area (Å²) in [4.78, 5) is 30.6. The second-order valence-corrected chi connectivity index (χ2v) is 7.16. The Morgan fingerprint density at radius 3 is 2.50 bits per heavy atom. The molecule has 1 aromatic heterocycles. The lowest BCUT2D eigenvalue weighted by Gasteiger charge is -2.13. The maximum atomic E-state index is 12.8. The molecule has 0 saturated heterocycles. The predicted molar refractivity (Wildman–Crippen MR) is 113 cm³/mol. The highest BCUT2D eigenvalue weighted by molar-refractivity contribution is 7.98. The number of ether oxygens (including phenoxy) is 1. The average Bonchev–Trinajstić information content (AvgIpc) is 2.72. The highest BCUT2D eigenvalue weighted by atomic mass is 32.2. The number of hydrogen-bond acceptors (Lipinski definition) is 5. The SMILES string of the molecule is CCc1nc2ccccc2c(C(=O)OCC(=O)Nc2ccc(SC)cc2)c1C. The van der Waals surface area contributed by atoms with E-state index in [0.717, 1.165) is 27.1 Å². The van der Waals surface area contributed by atoms with Crippen LogP contribution in [-0.4, -0.2) is 29.7 Å². The van der Waals surface area contributed by atoms with Gasteiger partial charge in [-0.15, -0.1) is 11.8 Å². The molecule has 0 atom stereocenters. The molecule has 28 heavy (non-hydrogen) atoms. The number of aromatic nitrogens is 1. The van der Waals surface area contributed by atoms with Crippen molar-refractivity contribution in [3.63, 3.8) is 0 Å². The molecule has 0 unspecified atom stereocenters. The highest BCUT2D eigenvalue weighted by Gasteiger charge is 2.19. The third kappa shape index (κ3) is 4.34. The molecule has 144 valence electrons. The number of benzene rings is 2. The summed E-state index contributed by atoms with van der Waals surface area (Å²) < 4.78 is 5.31. The molecule has 0 aliphatic rings. The summed E-state index contributed by atoms with van der Waals surface area (Å²) >= 11 is 1.63. The number of pyridine rings is 1. The van der Waals surface area contributed by atoms with Crippen LogP contribution in [0.5, 0.6) is 0 Å². The van der Waals surface area contributed by atoms with Crippen molar-refractivity contribution in [1.82, 2.24) is 4.98 Å². The average molecular weight is 394 g/mol. The van der Waals surface area contributed by atoms with Gasteiger partial charge < -0.3 is 10.1 Å². The van der Waals surface area contributed by atoms with Gasteiger partial charge in [0, 0.05) is 21.7 Å². The largest absolute Gasteiger partial charge is 0.452 e. The van der Waals surface area contributed by atoms with E-state index in [9.17, 15) is 9.59 Å². The van der Waals surface area contributed by atoms with Crippen LogP contribution in [-0.2, 0) is 16.0 Å². The van der Waals surface area contributed by atoms with E-state index in [-0.39, 0.29) is 12.5 Å². The number of amides is 1. The lowest BCUT2D eigenvalue weighted by atomic mass is 10.0. The molecule has 0 bridgehead atoms. The molecular weight excluding hydrogens is 372 g/mol. The van der Waals surface area contributed by atoms with E-state index in [1.165, 1.54) is 0 Å². The summed E-state index contributed by atoms with van der Waals surface area (Å²) in [5.41, 5.74) is 3.52. The molecule has 2 aromatic carbocycles. The van der Waals surface area contributed by atoms with Gasteiger partial charge in [0.1, 0.15) is 0 Å². The monoisotopic (exact) mass is 394 g/mol. The maximum Gasteiger partial charge on any atom is 0.339 e. The van der Waals surface area contributed by atoms with Crippen LogP contribution in [0.3, 0.4) is 0 Å². The molecule has 0 spiro atoms. The van der Waals surface area contributed by atoms with E-state index >= 15 is 0 Å². The van der Waals surface area contributed by atoms with Crippen molar-refractivity contribution in [2.75, 3.05) is 18.2 Å². The first kappa shape index (κ1) is 19.9. The molecule has 0 aliphatic heterocycles. The Labute approximate surface area is 168 Å². The van der Waals surface area contributed by atoms with Crippen LogP contribution in [0.1, 0.15) is 28.5 Å². The Morgan fingerprint density at radius 1 is 1.11 bits per heavy atom. The molecule has 3 rings (SSSR count). The van der Waals surface area contributed by atoms with E-state index < -0.39 is 5.97 Å². The number of thioether (sulfide) groups is 1. The van der Waals surface area contributed by atoms with Crippen molar-refractivity contribution in [1.29, 1.82) is 0 Å². The Kier molecular flexibility index (Phi) is 6.31. The van der Waals surface area contributed by atoms with Gasteiger partial charge in [0.2, 0.25) is 0 Å². The van der Waals surface area contributed by atoms with Crippen molar-refractivity contribution in [2.24, 2.45) is 0 Å². The Balaban J connectivity index is 1.74. The number of hydrogen-bond donors (Lipinski definition) is 1. The molecule has 1 amide bonds. The number of rotatable bonds is 6. The van der Waals surface area contributed by atoms with Crippen LogP contribution in [0.25, 0.3) is 10.9 Å². The highest BCUT2D eigenvalue weighted by Crippen LogP contribution is 2.24. The smallest absolute Gasteiger partial charge is 0.339 e. The zero-order chi connectivity index (χ0) is 20.1. The number of fused-ring (bicyclic) bond motifs is 1. The summed E-state index contributed by atoms with van der Waals surface area (Å²) in [6.45, 7) is 3.51. The molecule has 0 fully saturated rings. The summed E-state index contributed by atoms with van der Waals surface area (Å²) in [7, 11) is 0. The van der Waals surface area contributed by atoms with Crippen molar-refractivity contribution >= 4 is 40.2 Å². The number of esters is 1. The van der Waals surface area contributed by atoms with Gasteiger partial charge in [-0.2, -0.15) is 0 Å². The van der Waals surface area contributed by atoms with Crippen LogP contribution in [0.15, 0.2) is 53.4 Å². The van der Waals surface area contributed by atoms with E-state index in [1.807, 2.05) is 68.6 Å². The first-order valence-corrected chi connectivity index (χ1v) is 10.2. The number of para-hydroxylation sites is 1. The number of anilines is 1. The minimum absolute atomic E-state index is 0.347. The second-order valence-electron chi connectivity index (χ2n) is 6.28. The molecule has 3 aromatic rings. The zero-order valence-corrected chi connectivity index (χ0v) is 16.9. The molecule has 6 heteroatoms. The number of nitrogens with zero attached hydrogens (tertiary/aromatic N) is 1. The molecule has 1 heterocycles. The lowest BCUT2D eigenvalue weighted by molar-refractivity contribution is -0.119. The van der Waals surface area contributed by atoms with Crippen molar-refractivity contribution in [3.8, 4) is 0 Å². The van der Waals surface area contributed by atoms with Gasteiger partial charge >= 0.3 is 5.97 Å². The van der Waals surface area contributed by atoms with Gasteiger partial charge in [-0.25, -0.2) is 4.79 Å². The van der Waals surface area contributed by atoms with Crippen LogP contribution in [0.4, 0.5) is 5.69 Å². The summed E-state index contributed by atoms with van der Waals surface area (Å²) in [6, 6.07) is 14.9. The van der Waals surface area contributed by atoms with Gasteiger partial charge in [-0.05, 0) is 55.5 Å². The molecule has 0 aliphatic carbocycles.